The van der Waals surface area contributed by atoms with Gasteiger partial charge in [0.1, 0.15) is 0 Å². The first-order chi connectivity index (χ1) is 13.1. The van der Waals surface area contributed by atoms with Crippen molar-refractivity contribution in [2.24, 2.45) is 11.8 Å². The van der Waals surface area contributed by atoms with Crippen molar-refractivity contribution < 1.29 is 19.1 Å². The van der Waals surface area contributed by atoms with E-state index in [2.05, 4.69) is 10.6 Å². The van der Waals surface area contributed by atoms with Crippen molar-refractivity contribution in [3.8, 4) is 0 Å². The van der Waals surface area contributed by atoms with E-state index in [-0.39, 0.29) is 35.8 Å². The minimum absolute atomic E-state index is 0.0514. The highest BCUT2D eigenvalue weighted by Crippen LogP contribution is 2.39. The van der Waals surface area contributed by atoms with Crippen molar-refractivity contribution in [1.29, 1.82) is 0 Å². The molecule has 0 spiro atoms. The highest BCUT2D eigenvalue weighted by Gasteiger charge is 2.48. The maximum atomic E-state index is 12.4. The fourth-order valence-corrected chi connectivity index (χ4v) is 3.42. The first kappa shape index (κ1) is 19.2. The number of carbonyl (C=O) groups excluding carboxylic acids is 3. The number of hydrogen-bond donors (Lipinski definition) is 2. The van der Waals surface area contributed by atoms with Crippen molar-refractivity contribution in [3.05, 3.63) is 35.9 Å². The number of amides is 3. The monoisotopic (exact) mass is 373 g/mol. The summed E-state index contributed by atoms with van der Waals surface area (Å²) < 4.78 is 5.00. The SMILES string of the molecule is CCOC(=O)N1CCC(NC(=O)C2CC2C(=O)NCc2ccccc2)CC1. The number of nitrogens with one attached hydrogen (secondary N) is 2. The Morgan fingerprint density at radius 1 is 1.07 bits per heavy atom. The van der Waals surface area contributed by atoms with Crippen molar-refractivity contribution in [2.45, 2.75) is 38.8 Å². The second-order valence-corrected chi connectivity index (χ2v) is 7.12. The van der Waals surface area contributed by atoms with E-state index >= 15 is 0 Å². The van der Waals surface area contributed by atoms with Gasteiger partial charge < -0.3 is 20.3 Å². The summed E-state index contributed by atoms with van der Waals surface area (Å²) >= 11 is 0. The van der Waals surface area contributed by atoms with Crippen LogP contribution < -0.4 is 10.6 Å². The largest absolute Gasteiger partial charge is 0.450 e. The second kappa shape index (κ2) is 8.88. The van der Waals surface area contributed by atoms with Crippen molar-refractivity contribution in [3.63, 3.8) is 0 Å². The van der Waals surface area contributed by atoms with E-state index in [0.29, 0.717) is 45.5 Å². The van der Waals surface area contributed by atoms with E-state index < -0.39 is 0 Å². The summed E-state index contributed by atoms with van der Waals surface area (Å²) in [4.78, 5) is 38.0. The van der Waals surface area contributed by atoms with Crippen LogP contribution in [0.4, 0.5) is 4.79 Å². The van der Waals surface area contributed by atoms with E-state index in [4.69, 9.17) is 4.74 Å². The van der Waals surface area contributed by atoms with Crippen LogP contribution in [0.15, 0.2) is 30.3 Å². The van der Waals surface area contributed by atoms with E-state index in [1.165, 1.54) is 0 Å². The van der Waals surface area contributed by atoms with Crippen LogP contribution in [0.5, 0.6) is 0 Å². The number of nitrogens with zero attached hydrogens (tertiary/aromatic N) is 1. The molecule has 0 aromatic heterocycles. The lowest BCUT2D eigenvalue weighted by Crippen LogP contribution is -2.47. The standard InChI is InChI=1S/C20H27N3O4/c1-2-27-20(26)23-10-8-15(9-11-23)22-19(25)17-12-16(17)18(24)21-13-14-6-4-3-5-7-14/h3-7,15-17H,2,8-13H2,1H3,(H,21,24)(H,22,25). The Kier molecular flexibility index (Phi) is 6.32. The van der Waals surface area contributed by atoms with Crippen LogP contribution in [0.2, 0.25) is 0 Å². The average molecular weight is 373 g/mol. The fourth-order valence-electron chi connectivity index (χ4n) is 3.42. The molecule has 7 nitrogen and oxygen atoms in total. The molecule has 1 aromatic rings. The zero-order valence-electron chi connectivity index (χ0n) is 15.6. The number of carbonyl (C=O) groups is 3. The molecule has 0 bridgehead atoms. The molecule has 2 aliphatic rings. The second-order valence-electron chi connectivity index (χ2n) is 7.12. The summed E-state index contributed by atoms with van der Waals surface area (Å²) in [5.41, 5.74) is 1.04. The molecule has 2 atom stereocenters. The number of ether oxygens (including phenoxy) is 1. The van der Waals surface area contributed by atoms with Crippen LogP contribution in [-0.4, -0.2) is 48.5 Å². The van der Waals surface area contributed by atoms with Crippen molar-refractivity contribution >= 4 is 17.9 Å². The average Bonchev–Trinajstić information content (AvgIpc) is 3.49. The Hall–Kier alpha value is -2.57. The van der Waals surface area contributed by atoms with Gasteiger partial charge in [-0.15, -0.1) is 0 Å². The van der Waals surface area contributed by atoms with Gasteiger partial charge in [-0.3, -0.25) is 9.59 Å². The predicted molar refractivity (Wildman–Crippen MR) is 99.6 cm³/mol. The van der Waals surface area contributed by atoms with Crippen LogP contribution in [0, 0.1) is 11.8 Å². The van der Waals surface area contributed by atoms with Crippen LogP contribution in [-0.2, 0) is 20.9 Å². The summed E-state index contributed by atoms with van der Waals surface area (Å²) in [7, 11) is 0. The zero-order chi connectivity index (χ0) is 19.2. The smallest absolute Gasteiger partial charge is 0.409 e. The molecule has 3 rings (SSSR count). The Morgan fingerprint density at radius 3 is 2.41 bits per heavy atom. The van der Waals surface area contributed by atoms with Crippen LogP contribution in [0.1, 0.15) is 31.7 Å². The molecule has 2 N–H and O–H groups in total. The highest BCUT2D eigenvalue weighted by atomic mass is 16.6. The van der Waals surface area contributed by atoms with Gasteiger partial charge in [-0.05, 0) is 31.7 Å². The van der Waals surface area contributed by atoms with E-state index in [9.17, 15) is 14.4 Å². The van der Waals surface area contributed by atoms with Gasteiger partial charge in [-0.2, -0.15) is 0 Å². The van der Waals surface area contributed by atoms with Gasteiger partial charge in [0, 0.05) is 25.7 Å². The molecular formula is C20H27N3O4. The third kappa shape index (κ3) is 5.21. The minimum Gasteiger partial charge on any atom is -0.450 e. The highest BCUT2D eigenvalue weighted by molar-refractivity contribution is 5.92. The van der Waals surface area contributed by atoms with Gasteiger partial charge in [0.2, 0.25) is 11.8 Å². The molecule has 1 aliphatic heterocycles. The summed E-state index contributed by atoms with van der Waals surface area (Å²) in [6, 6.07) is 9.77. The van der Waals surface area contributed by atoms with Crippen LogP contribution >= 0.6 is 0 Å². The van der Waals surface area contributed by atoms with Crippen molar-refractivity contribution in [2.75, 3.05) is 19.7 Å². The molecule has 1 saturated carbocycles. The normalized spacial score (nSPS) is 22.0. The molecule has 3 amide bonds. The van der Waals surface area contributed by atoms with Gasteiger partial charge in [-0.1, -0.05) is 30.3 Å². The molecule has 1 aromatic carbocycles. The lowest BCUT2D eigenvalue weighted by atomic mass is 10.1. The third-order valence-corrected chi connectivity index (χ3v) is 5.14. The Balaban J connectivity index is 1.36. The molecule has 27 heavy (non-hydrogen) atoms. The summed E-state index contributed by atoms with van der Waals surface area (Å²) in [5.74, 6) is -0.572. The summed E-state index contributed by atoms with van der Waals surface area (Å²) in [6.07, 6.45) is 1.73. The van der Waals surface area contributed by atoms with Gasteiger partial charge in [-0.25, -0.2) is 4.79 Å². The van der Waals surface area contributed by atoms with Crippen LogP contribution in [0.25, 0.3) is 0 Å². The molecule has 146 valence electrons. The Labute approximate surface area is 159 Å². The quantitative estimate of drug-likeness (QED) is 0.794. The minimum atomic E-state index is -0.292. The maximum absolute atomic E-state index is 12.4. The number of benzene rings is 1. The van der Waals surface area contributed by atoms with Gasteiger partial charge in [0.15, 0.2) is 0 Å². The predicted octanol–water partition coefficient (Wildman–Crippen LogP) is 1.68. The molecule has 0 radical (unpaired) electrons. The molecular weight excluding hydrogens is 346 g/mol. The molecule has 7 heteroatoms. The molecule has 1 heterocycles. The number of rotatable bonds is 6. The third-order valence-electron chi connectivity index (χ3n) is 5.14. The zero-order valence-corrected chi connectivity index (χ0v) is 15.6. The van der Waals surface area contributed by atoms with Crippen LogP contribution in [0.3, 0.4) is 0 Å². The maximum Gasteiger partial charge on any atom is 0.409 e. The van der Waals surface area contributed by atoms with E-state index in [1.54, 1.807) is 11.8 Å². The lowest BCUT2D eigenvalue weighted by Gasteiger charge is -2.31. The molecule has 1 aliphatic carbocycles. The molecule has 2 fully saturated rings. The summed E-state index contributed by atoms with van der Waals surface area (Å²) in [6.45, 7) is 3.79. The van der Waals surface area contributed by atoms with E-state index in [1.807, 2.05) is 30.3 Å². The van der Waals surface area contributed by atoms with E-state index in [0.717, 1.165) is 5.56 Å². The fraction of sp³-hybridized carbons (Fsp3) is 0.550. The van der Waals surface area contributed by atoms with Gasteiger partial charge >= 0.3 is 6.09 Å². The van der Waals surface area contributed by atoms with Gasteiger partial charge in [0.25, 0.3) is 0 Å². The van der Waals surface area contributed by atoms with Gasteiger partial charge in [0.05, 0.1) is 18.4 Å². The number of hydrogen-bond acceptors (Lipinski definition) is 4. The molecule has 1 saturated heterocycles. The number of piperidine rings is 1. The van der Waals surface area contributed by atoms with Crippen molar-refractivity contribution in [1.82, 2.24) is 15.5 Å². The topological polar surface area (TPSA) is 87.7 Å². The lowest BCUT2D eigenvalue weighted by molar-refractivity contribution is -0.127. The number of likely N-dealkylation sites (tertiary alicyclic amines) is 1. The first-order valence-electron chi connectivity index (χ1n) is 9.62. The summed E-state index contributed by atoms with van der Waals surface area (Å²) in [5, 5.41) is 5.94. The molecule has 2 unspecified atom stereocenters. The Bertz CT molecular complexity index is 671. The Morgan fingerprint density at radius 2 is 1.74 bits per heavy atom. The first-order valence-corrected chi connectivity index (χ1v) is 9.62.